The van der Waals surface area contributed by atoms with E-state index in [1.165, 1.54) is 10.5 Å². The van der Waals surface area contributed by atoms with Crippen molar-refractivity contribution in [3.63, 3.8) is 0 Å². The molecule has 0 atom stereocenters. The minimum absolute atomic E-state index is 0.0133. The Morgan fingerprint density at radius 2 is 1.64 bits per heavy atom. The average Bonchev–Trinajstić information content (AvgIpc) is 2.91. The second kappa shape index (κ2) is 9.79. The Labute approximate surface area is 205 Å². The first-order chi connectivity index (χ1) is 17.6. The summed E-state index contributed by atoms with van der Waals surface area (Å²) in [4.78, 5) is 48.7. The van der Waals surface area contributed by atoms with Crippen LogP contribution in [-0.2, 0) is 11.3 Å². The lowest BCUT2D eigenvalue weighted by Gasteiger charge is -2.15. The Hall–Kier alpha value is -4.85. The third-order valence-electron chi connectivity index (χ3n) is 5.70. The lowest BCUT2D eigenvalue weighted by atomic mass is 10.1. The number of hydrogen-bond acceptors (Lipinski definition) is 5. The summed E-state index contributed by atoms with van der Waals surface area (Å²) in [5.74, 6) is -1.21. The number of fused-ring (bicyclic) bond motifs is 2. The van der Waals surface area contributed by atoms with Gasteiger partial charge in [-0.15, -0.1) is 0 Å². The molecule has 8 heteroatoms. The number of ether oxygens (including phenoxy) is 1. The molecule has 8 nitrogen and oxygen atoms in total. The standard InChI is InChI=1S/C28H22N4O4/c1-2-36-28(35)22-17-21-24(29-23-15-9-10-16-31(23)27(21)34)32(18-19-11-5-3-6-12-19)25(22)30-26(33)20-13-7-4-8-14-20/h3-17H,2,18H2,1H3. The van der Waals surface area contributed by atoms with E-state index in [0.717, 1.165) is 5.56 Å². The van der Waals surface area contributed by atoms with Crippen molar-refractivity contribution in [1.29, 1.82) is 0 Å². The molecule has 0 aliphatic rings. The van der Waals surface area contributed by atoms with Gasteiger partial charge in [-0.05, 0) is 42.8 Å². The highest BCUT2D eigenvalue weighted by atomic mass is 16.5. The van der Waals surface area contributed by atoms with E-state index in [1.807, 2.05) is 30.3 Å². The highest BCUT2D eigenvalue weighted by molar-refractivity contribution is 5.97. The van der Waals surface area contributed by atoms with Crippen molar-refractivity contribution in [2.75, 3.05) is 6.61 Å². The van der Waals surface area contributed by atoms with Crippen LogP contribution in [0.3, 0.4) is 0 Å². The van der Waals surface area contributed by atoms with E-state index in [9.17, 15) is 14.4 Å². The maximum atomic E-state index is 13.4. The molecule has 5 aromatic rings. The van der Waals surface area contributed by atoms with E-state index in [0.29, 0.717) is 16.9 Å². The van der Waals surface area contributed by atoms with Gasteiger partial charge in [0.15, 0.2) is 5.49 Å². The first-order valence-corrected chi connectivity index (χ1v) is 11.5. The average molecular weight is 479 g/mol. The van der Waals surface area contributed by atoms with Crippen LogP contribution in [0.2, 0.25) is 0 Å². The molecule has 0 aliphatic heterocycles. The van der Waals surface area contributed by atoms with Crippen LogP contribution >= 0.6 is 0 Å². The first-order valence-electron chi connectivity index (χ1n) is 11.5. The van der Waals surface area contributed by atoms with E-state index < -0.39 is 11.9 Å². The fraction of sp³-hybridized carbons (Fsp3) is 0.107. The summed E-state index contributed by atoms with van der Waals surface area (Å²) in [5, 5.41) is 0.212. The molecule has 0 N–H and O–H groups in total. The minimum Gasteiger partial charge on any atom is -0.462 e. The van der Waals surface area contributed by atoms with Crippen LogP contribution in [0.15, 0.2) is 101 Å². The molecular weight excluding hydrogens is 456 g/mol. The number of esters is 1. The van der Waals surface area contributed by atoms with Gasteiger partial charge < -0.3 is 9.30 Å². The zero-order valence-corrected chi connectivity index (χ0v) is 19.5. The number of amides is 1. The van der Waals surface area contributed by atoms with Crippen molar-refractivity contribution in [2.45, 2.75) is 13.5 Å². The van der Waals surface area contributed by atoms with Crippen LogP contribution in [0, 0.1) is 0 Å². The minimum atomic E-state index is -0.682. The summed E-state index contributed by atoms with van der Waals surface area (Å²) in [6.07, 6.45) is 1.62. The smallest absolute Gasteiger partial charge is 0.341 e. The van der Waals surface area contributed by atoms with E-state index in [2.05, 4.69) is 4.99 Å². The summed E-state index contributed by atoms with van der Waals surface area (Å²) < 4.78 is 8.33. The van der Waals surface area contributed by atoms with E-state index in [1.54, 1.807) is 66.2 Å². The van der Waals surface area contributed by atoms with Crippen molar-refractivity contribution in [3.8, 4) is 0 Å². The van der Waals surface area contributed by atoms with Gasteiger partial charge >= 0.3 is 5.97 Å². The predicted octanol–water partition coefficient (Wildman–Crippen LogP) is 3.62. The number of aromatic nitrogens is 3. The van der Waals surface area contributed by atoms with Crippen LogP contribution in [0.1, 0.15) is 33.2 Å². The SMILES string of the molecule is CCOC(=O)c1cc2c(=O)n3ccccc3nc2n(Cc2ccccc2)c1=NC(=O)c1ccccc1. The van der Waals surface area contributed by atoms with Crippen LogP contribution in [-0.4, -0.2) is 32.4 Å². The van der Waals surface area contributed by atoms with Gasteiger partial charge in [-0.1, -0.05) is 54.6 Å². The molecule has 2 aromatic carbocycles. The molecule has 3 heterocycles. The van der Waals surface area contributed by atoms with Gasteiger partial charge in [-0.3, -0.25) is 14.0 Å². The van der Waals surface area contributed by atoms with Gasteiger partial charge in [-0.2, -0.15) is 4.99 Å². The molecule has 1 amide bonds. The van der Waals surface area contributed by atoms with Crippen molar-refractivity contribution >= 4 is 28.6 Å². The van der Waals surface area contributed by atoms with Crippen molar-refractivity contribution in [1.82, 2.24) is 14.0 Å². The molecule has 0 saturated heterocycles. The van der Waals surface area contributed by atoms with Crippen molar-refractivity contribution < 1.29 is 14.3 Å². The molecule has 0 saturated carbocycles. The number of benzene rings is 2. The van der Waals surface area contributed by atoms with Crippen LogP contribution in [0.25, 0.3) is 16.7 Å². The quantitative estimate of drug-likeness (QED) is 0.284. The molecule has 36 heavy (non-hydrogen) atoms. The molecule has 0 fully saturated rings. The van der Waals surface area contributed by atoms with Crippen molar-refractivity contribution in [2.24, 2.45) is 4.99 Å². The Kier molecular flexibility index (Phi) is 6.23. The Bertz CT molecular complexity index is 1720. The number of nitrogens with zero attached hydrogens (tertiary/aromatic N) is 4. The molecule has 5 rings (SSSR count). The summed E-state index contributed by atoms with van der Waals surface area (Å²) in [6.45, 7) is 2.03. The largest absolute Gasteiger partial charge is 0.462 e. The molecule has 178 valence electrons. The number of carbonyl (C=O) groups is 2. The highest BCUT2D eigenvalue weighted by Crippen LogP contribution is 2.14. The molecule has 0 unspecified atom stereocenters. The maximum Gasteiger partial charge on any atom is 0.341 e. The monoisotopic (exact) mass is 478 g/mol. The highest BCUT2D eigenvalue weighted by Gasteiger charge is 2.20. The third-order valence-corrected chi connectivity index (χ3v) is 5.70. The second-order valence-electron chi connectivity index (χ2n) is 8.04. The lowest BCUT2D eigenvalue weighted by molar-refractivity contribution is 0.0523. The number of hydrogen-bond donors (Lipinski definition) is 0. The van der Waals surface area contributed by atoms with E-state index >= 15 is 0 Å². The zero-order chi connectivity index (χ0) is 25.1. The van der Waals surface area contributed by atoms with Gasteiger partial charge in [0.2, 0.25) is 0 Å². The van der Waals surface area contributed by atoms with E-state index in [-0.39, 0.29) is 35.1 Å². The number of pyridine rings is 2. The van der Waals surface area contributed by atoms with Gasteiger partial charge in [0.1, 0.15) is 16.9 Å². The van der Waals surface area contributed by atoms with Gasteiger partial charge in [0, 0.05) is 11.8 Å². The fourth-order valence-electron chi connectivity index (χ4n) is 4.01. The van der Waals surface area contributed by atoms with Crippen molar-refractivity contribution in [3.05, 3.63) is 124 Å². The topological polar surface area (TPSA) is 95.0 Å². The normalized spacial score (nSPS) is 11.6. The van der Waals surface area contributed by atoms with Gasteiger partial charge in [-0.25, -0.2) is 9.78 Å². The van der Waals surface area contributed by atoms with Gasteiger partial charge in [0.25, 0.3) is 11.5 Å². The van der Waals surface area contributed by atoms with Gasteiger partial charge in [0.05, 0.1) is 18.5 Å². The molecule has 3 aromatic heterocycles. The molecule has 0 bridgehead atoms. The summed E-state index contributed by atoms with van der Waals surface area (Å²) in [5.41, 5.74) is 1.73. The van der Waals surface area contributed by atoms with Crippen LogP contribution < -0.4 is 11.0 Å². The molecular formula is C28H22N4O4. The zero-order valence-electron chi connectivity index (χ0n) is 19.5. The molecule has 0 spiro atoms. The molecule has 0 aliphatic carbocycles. The second-order valence-corrected chi connectivity index (χ2v) is 8.04. The number of rotatable bonds is 5. The van der Waals surface area contributed by atoms with Crippen LogP contribution in [0.5, 0.6) is 0 Å². The Morgan fingerprint density at radius 3 is 2.36 bits per heavy atom. The fourth-order valence-corrected chi connectivity index (χ4v) is 4.01. The summed E-state index contributed by atoms with van der Waals surface area (Å²) in [6, 6.07) is 24.7. The maximum absolute atomic E-state index is 13.4. The van der Waals surface area contributed by atoms with Crippen LogP contribution in [0.4, 0.5) is 0 Å². The summed E-state index contributed by atoms with van der Waals surface area (Å²) >= 11 is 0. The lowest BCUT2D eigenvalue weighted by Crippen LogP contribution is -2.33. The molecule has 0 radical (unpaired) electrons. The summed E-state index contributed by atoms with van der Waals surface area (Å²) in [7, 11) is 0. The third kappa shape index (κ3) is 4.32. The Balaban J connectivity index is 1.90. The first kappa shape index (κ1) is 22.9. The van der Waals surface area contributed by atoms with E-state index in [4.69, 9.17) is 9.72 Å². The Morgan fingerprint density at radius 1 is 0.944 bits per heavy atom. The predicted molar refractivity (Wildman–Crippen MR) is 135 cm³/mol. The number of carbonyl (C=O) groups excluding carboxylic acids is 2.